The molecule has 1 saturated carbocycles. The number of Topliss-reactive ketones (excluding diaryl/α,β-unsaturated/α-hetero) is 2. The van der Waals surface area contributed by atoms with E-state index in [1.165, 1.54) is 25.9 Å². The summed E-state index contributed by atoms with van der Waals surface area (Å²) in [5, 5.41) is 3.26. The number of carbonyl (C=O) groups excluding carboxylic acids is 2. The standard InChI is InChI=1S/C10H17NO.C9H16N2O.C7H15N.CH4/c1-7(2)11-5-8-3-4-10(12)9(8)6-11;1-6(2)11-4-7-8(5-11)10-3-9(7)12;1-7(2)8-5-3-4-6-8;/h7-9H,3-6H2,1-2H3;6-8,10H,3-5H2,1-2H3;7H,3-6H2,1-2H3;1H4. The van der Waals surface area contributed by atoms with E-state index in [0.29, 0.717) is 48.1 Å². The van der Waals surface area contributed by atoms with E-state index in [0.717, 1.165) is 45.1 Å². The number of nitrogens with zero attached hydrogens (tertiary/aromatic N) is 3. The number of hydrogen-bond donors (Lipinski definition) is 1. The van der Waals surface area contributed by atoms with Gasteiger partial charge in [-0.2, -0.15) is 0 Å². The van der Waals surface area contributed by atoms with Gasteiger partial charge in [-0.1, -0.05) is 7.43 Å². The molecule has 4 atom stereocenters. The van der Waals surface area contributed by atoms with Gasteiger partial charge in [0.2, 0.25) is 0 Å². The predicted octanol–water partition coefficient (Wildman–Crippen LogP) is 3.30. The van der Waals surface area contributed by atoms with Gasteiger partial charge in [0.15, 0.2) is 5.78 Å². The third-order valence-corrected chi connectivity index (χ3v) is 8.28. The lowest BCUT2D eigenvalue weighted by Gasteiger charge is -2.20. The van der Waals surface area contributed by atoms with Gasteiger partial charge in [0.1, 0.15) is 5.78 Å². The summed E-state index contributed by atoms with van der Waals surface area (Å²) in [6.07, 6.45) is 4.82. The minimum Gasteiger partial charge on any atom is -0.305 e. The Morgan fingerprint density at radius 2 is 1.27 bits per heavy atom. The van der Waals surface area contributed by atoms with Crippen molar-refractivity contribution >= 4 is 11.6 Å². The first-order valence-corrected chi connectivity index (χ1v) is 13.2. The van der Waals surface area contributed by atoms with Crippen LogP contribution in [0.5, 0.6) is 0 Å². The molecule has 1 N–H and O–H groups in total. The molecule has 33 heavy (non-hydrogen) atoms. The number of nitrogens with one attached hydrogen (secondary N) is 1. The molecular formula is C27H52N4O2. The fraction of sp³-hybridized carbons (Fsp3) is 0.926. The number of ketones is 2. The number of fused-ring (bicyclic) bond motifs is 2. The van der Waals surface area contributed by atoms with E-state index in [9.17, 15) is 9.59 Å². The molecule has 0 aromatic rings. The van der Waals surface area contributed by atoms with Crippen molar-refractivity contribution in [1.82, 2.24) is 20.0 Å². The lowest BCUT2D eigenvalue weighted by Crippen LogP contribution is -2.34. The molecule has 0 bridgehead atoms. The molecular weight excluding hydrogens is 412 g/mol. The quantitative estimate of drug-likeness (QED) is 0.692. The highest BCUT2D eigenvalue weighted by molar-refractivity contribution is 5.86. The van der Waals surface area contributed by atoms with Crippen LogP contribution in [0.15, 0.2) is 0 Å². The molecule has 0 aromatic heterocycles. The van der Waals surface area contributed by atoms with Crippen LogP contribution in [-0.4, -0.2) is 96.2 Å². The highest BCUT2D eigenvalue weighted by atomic mass is 16.1. The van der Waals surface area contributed by atoms with Crippen molar-refractivity contribution in [3.05, 3.63) is 0 Å². The summed E-state index contributed by atoms with van der Waals surface area (Å²) >= 11 is 0. The number of likely N-dealkylation sites (tertiary alicyclic amines) is 3. The molecule has 0 radical (unpaired) electrons. The van der Waals surface area contributed by atoms with E-state index < -0.39 is 0 Å². The Hall–Kier alpha value is -0.820. The molecule has 0 amide bonds. The number of rotatable bonds is 3. The smallest absolute Gasteiger partial charge is 0.152 e. The Balaban J connectivity index is 0.000000177. The van der Waals surface area contributed by atoms with Gasteiger partial charge >= 0.3 is 0 Å². The lowest BCUT2D eigenvalue weighted by atomic mass is 10.0. The molecule has 4 saturated heterocycles. The van der Waals surface area contributed by atoms with Gasteiger partial charge in [0.25, 0.3) is 0 Å². The van der Waals surface area contributed by atoms with Crippen LogP contribution in [0.1, 0.15) is 74.7 Å². The second kappa shape index (κ2) is 12.8. The fourth-order valence-corrected chi connectivity index (χ4v) is 5.91. The maximum Gasteiger partial charge on any atom is 0.152 e. The molecule has 4 heterocycles. The monoisotopic (exact) mass is 464 g/mol. The fourth-order valence-electron chi connectivity index (χ4n) is 5.91. The molecule has 6 nitrogen and oxygen atoms in total. The van der Waals surface area contributed by atoms with Crippen LogP contribution in [0.4, 0.5) is 0 Å². The first-order valence-electron chi connectivity index (χ1n) is 13.2. The van der Waals surface area contributed by atoms with E-state index >= 15 is 0 Å². The summed E-state index contributed by atoms with van der Waals surface area (Å²) in [4.78, 5) is 30.1. The molecule has 192 valence electrons. The molecule has 4 unspecified atom stereocenters. The second-order valence-electron chi connectivity index (χ2n) is 11.4. The summed E-state index contributed by atoms with van der Waals surface area (Å²) < 4.78 is 0. The summed E-state index contributed by atoms with van der Waals surface area (Å²) in [6.45, 7) is 20.8. The van der Waals surface area contributed by atoms with Crippen LogP contribution in [0.3, 0.4) is 0 Å². The van der Waals surface area contributed by atoms with Gasteiger partial charge < -0.3 is 10.2 Å². The Morgan fingerprint density at radius 3 is 1.76 bits per heavy atom. The van der Waals surface area contributed by atoms with Gasteiger partial charge in [0.05, 0.1) is 6.54 Å². The van der Waals surface area contributed by atoms with Gasteiger partial charge in [0, 0.05) is 68.6 Å². The molecule has 0 aromatic carbocycles. The zero-order valence-corrected chi connectivity index (χ0v) is 21.5. The third-order valence-electron chi connectivity index (χ3n) is 8.28. The van der Waals surface area contributed by atoms with Crippen molar-refractivity contribution < 1.29 is 9.59 Å². The Morgan fingerprint density at radius 1 is 0.727 bits per heavy atom. The molecule has 4 aliphatic heterocycles. The lowest BCUT2D eigenvalue weighted by molar-refractivity contribution is -0.121. The van der Waals surface area contributed by atoms with E-state index in [1.807, 2.05) is 0 Å². The van der Waals surface area contributed by atoms with E-state index in [4.69, 9.17) is 0 Å². The maximum absolute atomic E-state index is 11.4. The summed E-state index contributed by atoms with van der Waals surface area (Å²) in [5.74, 6) is 2.30. The van der Waals surface area contributed by atoms with Gasteiger partial charge in [-0.15, -0.1) is 0 Å². The largest absolute Gasteiger partial charge is 0.305 e. The normalized spacial score (nSPS) is 32.0. The second-order valence-corrected chi connectivity index (χ2v) is 11.4. The predicted molar refractivity (Wildman–Crippen MR) is 138 cm³/mol. The number of hydrogen-bond acceptors (Lipinski definition) is 6. The third kappa shape index (κ3) is 7.33. The highest BCUT2D eigenvalue weighted by Gasteiger charge is 2.42. The Bertz CT molecular complexity index is 586. The van der Waals surface area contributed by atoms with Crippen molar-refractivity contribution in [2.24, 2.45) is 17.8 Å². The van der Waals surface area contributed by atoms with Crippen molar-refractivity contribution in [2.45, 2.75) is 98.8 Å². The maximum atomic E-state index is 11.4. The minimum absolute atomic E-state index is 0. The number of carbonyl (C=O) groups is 2. The minimum atomic E-state index is 0. The van der Waals surface area contributed by atoms with Crippen LogP contribution in [-0.2, 0) is 9.59 Å². The van der Waals surface area contributed by atoms with Crippen molar-refractivity contribution in [3.63, 3.8) is 0 Å². The molecule has 1 aliphatic carbocycles. The molecule has 5 rings (SSSR count). The zero-order chi connectivity index (χ0) is 23.4. The molecule has 5 fully saturated rings. The molecule has 0 spiro atoms. The summed E-state index contributed by atoms with van der Waals surface area (Å²) in [6, 6.07) is 2.41. The van der Waals surface area contributed by atoms with E-state index in [2.05, 4.69) is 61.6 Å². The van der Waals surface area contributed by atoms with Crippen molar-refractivity contribution in [3.8, 4) is 0 Å². The Labute approximate surface area is 203 Å². The summed E-state index contributed by atoms with van der Waals surface area (Å²) in [7, 11) is 0. The van der Waals surface area contributed by atoms with Crippen LogP contribution in [0.25, 0.3) is 0 Å². The van der Waals surface area contributed by atoms with Crippen LogP contribution in [0.2, 0.25) is 0 Å². The van der Waals surface area contributed by atoms with Crippen molar-refractivity contribution in [1.29, 1.82) is 0 Å². The van der Waals surface area contributed by atoms with Crippen LogP contribution >= 0.6 is 0 Å². The zero-order valence-electron chi connectivity index (χ0n) is 21.5. The average Bonchev–Trinajstić information content (AvgIpc) is 3.53. The first kappa shape index (κ1) is 28.4. The average molecular weight is 465 g/mol. The first-order chi connectivity index (χ1) is 15.2. The highest BCUT2D eigenvalue weighted by Crippen LogP contribution is 2.35. The molecule has 5 aliphatic rings. The Kier molecular flexibility index (Phi) is 11.0. The van der Waals surface area contributed by atoms with Crippen LogP contribution < -0.4 is 5.32 Å². The van der Waals surface area contributed by atoms with Gasteiger partial charge in [-0.3, -0.25) is 19.4 Å². The van der Waals surface area contributed by atoms with E-state index in [1.54, 1.807) is 0 Å². The van der Waals surface area contributed by atoms with Gasteiger partial charge in [-0.05, 0) is 79.8 Å². The van der Waals surface area contributed by atoms with Gasteiger partial charge in [-0.25, -0.2) is 0 Å². The summed E-state index contributed by atoms with van der Waals surface area (Å²) in [5.41, 5.74) is 0. The van der Waals surface area contributed by atoms with Crippen molar-refractivity contribution in [2.75, 3.05) is 45.8 Å². The van der Waals surface area contributed by atoms with Crippen LogP contribution in [0, 0.1) is 17.8 Å². The van der Waals surface area contributed by atoms with E-state index in [-0.39, 0.29) is 13.3 Å². The SMILES string of the molecule is C.CC(C)N1CC2CCC(=O)C2C1.CC(C)N1CC2NCC(=O)C2C1.CC(C)N1CCCC1. The molecule has 6 heteroatoms. The topological polar surface area (TPSA) is 55.9 Å².